The number of benzene rings is 1. The SMILES string of the molecule is NC1CC[C@@H]2CN(c3nc4ccccc4[nH]3)C[C@@H]2C1. The Kier molecular flexibility index (Phi) is 2.52. The summed E-state index contributed by atoms with van der Waals surface area (Å²) in [5.41, 5.74) is 8.28. The Balaban J connectivity index is 1.60. The lowest BCUT2D eigenvalue weighted by Crippen LogP contribution is -2.32. The summed E-state index contributed by atoms with van der Waals surface area (Å²) >= 11 is 0. The lowest BCUT2D eigenvalue weighted by molar-refractivity contribution is 0.271. The van der Waals surface area contributed by atoms with Crippen molar-refractivity contribution in [3.63, 3.8) is 0 Å². The summed E-state index contributed by atoms with van der Waals surface area (Å²) in [7, 11) is 0. The molecule has 1 aromatic carbocycles. The van der Waals surface area contributed by atoms with E-state index in [0.29, 0.717) is 6.04 Å². The van der Waals surface area contributed by atoms with E-state index in [0.717, 1.165) is 41.9 Å². The number of fused-ring (bicyclic) bond motifs is 2. The molecule has 0 bridgehead atoms. The van der Waals surface area contributed by atoms with Crippen LogP contribution in [-0.2, 0) is 0 Å². The van der Waals surface area contributed by atoms with Gasteiger partial charge < -0.3 is 15.6 Å². The number of anilines is 1. The molecular formula is C15H20N4. The van der Waals surface area contributed by atoms with Crippen LogP contribution in [0, 0.1) is 11.8 Å². The maximum atomic E-state index is 6.09. The normalized spacial score (nSPS) is 30.8. The molecular weight excluding hydrogens is 236 g/mol. The van der Waals surface area contributed by atoms with Crippen molar-refractivity contribution in [3.8, 4) is 0 Å². The van der Waals surface area contributed by atoms with Gasteiger partial charge in [0.05, 0.1) is 11.0 Å². The molecule has 1 saturated heterocycles. The smallest absolute Gasteiger partial charge is 0.203 e. The minimum atomic E-state index is 0.414. The zero-order valence-corrected chi connectivity index (χ0v) is 11.0. The molecule has 2 fully saturated rings. The first-order valence-electron chi connectivity index (χ1n) is 7.25. The minimum Gasteiger partial charge on any atom is -0.342 e. The molecule has 19 heavy (non-hydrogen) atoms. The first-order chi connectivity index (χ1) is 9.29. The molecule has 3 N–H and O–H groups in total. The van der Waals surface area contributed by atoms with Gasteiger partial charge in [-0.05, 0) is 43.2 Å². The average molecular weight is 256 g/mol. The fourth-order valence-electron chi connectivity index (χ4n) is 3.73. The van der Waals surface area contributed by atoms with Crippen molar-refractivity contribution >= 4 is 17.0 Å². The predicted octanol–water partition coefficient (Wildman–Crippen LogP) is 2.13. The highest BCUT2D eigenvalue weighted by Crippen LogP contribution is 2.37. The van der Waals surface area contributed by atoms with Gasteiger partial charge in [-0.1, -0.05) is 12.1 Å². The van der Waals surface area contributed by atoms with E-state index in [1.54, 1.807) is 0 Å². The number of imidazole rings is 1. The second kappa shape index (κ2) is 4.23. The standard InChI is InChI=1S/C15H20N4/c16-12-6-5-10-8-19(9-11(10)7-12)15-17-13-3-1-2-4-14(13)18-15/h1-4,10-12H,5-9,16H2,(H,17,18)/t10-,11+,12?/m1/s1. The van der Waals surface area contributed by atoms with Gasteiger partial charge in [0.25, 0.3) is 0 Å². The minimum absolute atomic E-state index is 0.414. The summed E-state index contributed by atoms with van der Waals surface area (Å²) in [4.78, 5) is 10.6. The number of nitrogens with two attached hydrogens (primary N) is 1. The van der Waals surface area contributed by atoms with Crippen molar-refractivity contribution in [1.82, 2.24) is 9.97 Å². The Morgan fingerprint density at radius 1 is 1.16 bits per heavy atom. The molecule has 4 rings (SSSR count). The maximum absolute atomic E-state index is 6.09. The second-order valence-corrected chi connectivity index (χ2v) is 6.08. The highest BCUT2D eigenvalue weighted by atomic mass is 15.3. The molecule has 2 aromatic rings. The predicted molar refractivity (Wildman–Crippen MR) is 77.1 cm³/mol. The Morgan fingerprint density at radius 2 is 2.00 bits per heavy atom. The van der Waals surface area contributed by atoms with Crippen molar-refractivity contribution in [1.29, 1.82) is 0 Å². The number of nitrogens with one attached hydrogen (secondary N) is 1. The molecule has 1 saturated carbocycles. The largest absolute Gasteiger partial charge is 0.342 e. The topological polar surface area (TPSA) is 57.9 Å². The van der Waals surface area contributed by atoms with Crippen LogP contribution in [-0.4, -0.2) is 29.1 Å². The molecule has 1 aliphatic carbocycles. The van der Waals surface area contributed by atoms with E-state index in [9.17, 15) is 0 Å². The molecule has 3 atom stereocenters. The highest BCUT2D eigenvalue weighted by molar-refractivity contribution is 5.77. The molecule has 4 nitrogen and oxygen atoms in total. The van der Waals surface area contributed by atoms with E-state index in [4.69, 9.17) is 10.7 Å². The van der Waals surface area contributed by atoms with Crippen LogP contribution in [0.4, 0.5) is 5.95 Å². The Bertz CT molecular complexity index is 558. The summed E-state index contributed by atoms with van der Waals surface area (Å²) in [6, 6.07) is 8.65. The van der Waals surface area contributed by atoms with Crippen LogP contribution in [0.1, 0.15) is 19.3 Å². The molecule has 100 valence electrons. The molecule has 0 amide bonds. The van der Waals surface area contributed by atoms with Gasteiger partial charge >= 0.3 is 0 Å². The lowest BCUT2D eigenvalue weighted by atomic mass is 9.79. The molecule has 0 spiro atoms. The second-order valence-electron chi connectivity index (χ2n) is 6.08. The molecule has 1 unspecified atom stereocenters. The molecule has 2 aliphatic rings. The lowest BCUT2D eigenvalue weighted by Gasteiger charge is -2.27. The van der Waals surface area contributed by atoms with Crippen LogP contribution >= 0.6 is 0 Å². The summed E-state index contributed by atoms with van der Waals surface area (Å²) in [5, 5.41) is 0. The fourth-order valence-corrected chi connectivity index (χ4v) is 3.73. The van der Waals surface area contributed by atoms with E-state index in [1.165, 1.54) is 19.3 Å². The van der Waals surface area contributed by atoms with Crippen LogP contribution in [0.3, 0.4) is 0 Å². The van der Waals surface area contributed by atoms with E-state index in [2.05, 4.69) is 22.0 Å². The molecule has 0 radical (unpaired) electrons. The van der Waals surface area contributed by atoms with Gasteiger partial charge in [-0.2, -0.15) is 0 Å². The first-order valence-corrected chi connectivity index (χ1v) is 7.25. The third-order valence-corrected chi connectivity index (χ3v) is 4.77. The zero-order chi connectivity index (χ0) is 12.8. The number of H-pyrrole nitrogens is 1. The highest BCUT2D eigenvalue weighted by Gasteiger charge is 2.37. The summed E-state index contributed by atoms with van der Waals surface area (Å²) in [6.07, 6.45) is 3.65. The first kappa shape index (κ1) is 11.3. The number of hydrogen-bond acceptors (Lipinski definition) is 3. The number of nitrogens with zero attached hydrogens (tertiary/aromatic N) is 2. The van der Waals surface area contributed by atoms with E-state index < -0.39 is 0 Å². The van der Waals surface area contributed by atoms with E-state index in [-0.39, 0.29) is 0 Å². The van der Waals surface area contributed by atoms with Crippen LogP contribution < -0.4 is 10.6 Å². The summed E-state index contributed by atoms with van der Waals surface area (Å²) < 4.78 is 0. The van der Waals surface area contributed by atoms with E-state index in [1.807, 2.05) is 12.1 Å². The number of para-hydroxylation sites is 2. The van der Waals surface area contributed by atoms with Gasteiger partial charge in [-0.25, -0.2) is 4.98 Å². The van der Waals surface area contributed by atoms with E-state index >= 15 is 0 Å². The number of aromatic nitrogens is 2. The van der Waals surface area contributed by atoms with Crippen molar-refractivity contribution < 1.29 is 0 Å². The number of aromatic amines is 1. The monoisotopic (exact) mass is 256 g/mol. The summed E-state index contributed by atoms with van der Waals surface area (Å²) in [6.45, 7) is 2.25. The number of hydrogen-bond donors (Lipinski definition) is 2. The molecule has 1 aromatic heterocycles. The number of rotatable bonds is 1. The van der Waals surface area contributed by atoms with Gasteiger partial charge in [0.1, 0.15) is 0 Å². The summed E-state index contributed by atoms with van der Waals surface area (Å²) in [5.74, 6) is 2.61. The van der Waals surface area contributed by atoms with Crippen molar-refractivity contribution in [3.05, 3.63) is 24.3 Å². The third-order valence-electron chi connectivity index (χ3n) is 4.77. The quantitative estimate of drug-likeness (QED) is 0.821. The Labute approximate surface area is 113 Å². The Morgan fingerprint density at radius 3 is 2.89 bits per heavy atom. The molecule has 2 heterocycles. The van der Waals surface area contributed by atoms with Crippen molar-refractivity contribution in [2.75, 3.05) is 18.0 Å². The van der Waals surface area contributed by atoms with Gasteiger partial charge in [0.2, 0.25) is 5.95 Å². The Hall–Kier alpha value is -1.55. The van der Waals surface area contributed by atoms with Crippen LogP contribution in [0.5, 0.6) is 0 Å². The maximum Gasteiger partial charge on any atom is 0.203 e. The fraction of sp³-hybridized carbons (Fsp3) is 0.533. The van der Waals surface area contributed by atoms with Crippen molar-refractivity contribution in [2.24, 2.45) is 17.6 Å². The van der Waals surface area contributed by atoms with Crippen LogP contribution in [0.15, 0.2) is 24.3 Å². The van der Waals surface area contributed by atoms with Crippen molar-refractivity contribution in [2.45, 2.75) is 25.3 Å². The van der Waals surface area contributed by atoms with Gasteiger partial charge in [0, 0.05) is 19.1 Å². The molecule has 4 heteroatoms. The van der Waals surface area contributed by atoms with Gasteiger partial charge in [-0.3, -0.25) is 0 Å². The van der Waals surface area contributed by atoms with Gasteiger partial charge in [0.15, 0.2) is 0 Å². The average Bonchev–Trinajstić information content (AvgIpc) is 3.00. The van der Waals surface area contributed by atoms with Crippen LogP contribution in [0.2, 0.25) is 0 Å². The van der Waals surface area contributed by atoms with Crippen LogP contribution in [0.25, 0.3) is 11.0 Å². The molecule has 1 aliphatic heterocycles. The third kappa shape index (κ3) is 1.91. The zero-order valence-electron chi connectivity index (χ0n) is 11.0. The van der Waals surface area contributed by atoms with Gasteiger partial charge in [-0.15, -0.1) is 0 Å².